The average Bonchev–Trinajstić information content (AvgIpc) is 2.44. The molecule has 1 aliphatic heterocycles. The number of hydrogen-bond donors (Lipinski definition) is 1. The Morgan fingerprint density at radius 2 is 1.95 bits per heavy atom. The van der Waals surface area contributed by atoms with Crippen molar-refractivity contribution in [2.24, 2.45) is 5.41 Å². The first kappa shape index (κ1) is 17.2. The lowest BCUT2D eigenvalue weighted by Gasteiger charge is -2.42. The molecule has 1 aliphatic rings. The summed E-state index contributed by atoms with van der Waals surface area (Å²) >= 11 is 4.59. The summed E-state index contributed by atoms with van der Waals surface area (Å²) in [6.45, 7) is 7.43. The first-order chi connectivity index (χ1) is 9.17. The molecule has 0 saturated carbocycles. The van der Waals surface area contributed by atoms with E-state index in [0.29, 0.717) is 6.04 Å². The molecule has 0 spiro atoms. The van der Waals surface area contributed by atoms with Gasteiger partial charge in [0.2, 0.25) is 0 Å². The van der Waals surface area contributed by atoms with Crippen LogP contribution in [0.5, 0.6) is 0 Å². The molecule has 0 aromatic heterocycles. The molecule has 1 atom stereocenters. The van der Waals surface area contributed by atoms with E-state index in [2.05, 4.69) is 24.5 Å². The smallest absolute Gasteiger partial charge is 0.0615 e. The van der Waals surface area contributed by atoms with Crippen molar-refractivity contribution in [1.82, 2.24) is 4.90 Å². The van der Waals surface area contributed by atoms with Crippen LogP contribution in [0, 0.1) is 5.41 Å². The predicted molar refractivity (Wildman–Crippen MR) is 81.1 cm³/mol. The summed E-state index contributed by atoms with van der Waals surface area (Å²) in [4.78, 5) is 2.47. The van der Waals surface area contributed by atoms with Gasteiger partial charge < -0.3 is 14.2 Å². The lowest BCUT2D eigenvalue weighted by atomic mass is 9.81. The number of methoxy groups -OCH3 is 2. The molecule has 0 N–H and O–H groups in total. The molecule has 0 radical (unpaired) electrons. The normalized spacial score (nSPS) is 20.7. The predicted octanol–water partition coefficient (Wildman–Crippen LogP) is 1.70. The summed E-state index contributed by atoms with van der Waals surface area (Å²) in [6, 6.07) is 0.403. The Morgan fingerprint density at radius 1 is 1.26 bits per heavy atom. The second kappa shape index (κ2) is 9.19. The maximum atomic E-state index is 5.50. The van der Waals surface area contributed by atoms with Crippen molar-refractivity contribution in [3.63, 3.8) is 0 Å². The third-order valence-corrected chi connectivity index (χ3v) is 4.71. The Kier molecular flexibility index (Phi) is 8.34. The number of thiol groups is 1. The van der Waals surface area contributed by atoms with E-state index in [1.54, 1.807) is 14.2 Å². The third-order valence-electron chi connectivity index (χ3n) is 4.04. The van der Waals surface area contributed by atoms with Crippen LogP contribution in [0.2, 0.25) is 0 Å². The molecular weight excluding hydrogens is 262 g/mol. The van der Waals surface area contributed by atoms with Crippen molar-refractivity contribution < 1.29 is 14.2 Å². The summed E-state index contributed by atoms with van der Waals surface area (Å²) in [6.07, 6.45) is 2.19. The minimum absolute atomic E-state index is 0.275. The molecule has 114 valence electrons. The van der Waals surface area contributed by atoms with E-state index in [0.717, 1.165) is 58.1 Å². The Hall–Kier alpha value is 0.190. The Bertz CT molecular complexity index is 235. The first-order valence-corrected chi connectivity index (χ1v) is 7.71. The summed E-state index contributed by atoms with van der Waals surface area (Å²) in [5.74, 6) is 0.916. The van der Waals surface area contributed by atoms with E-state index < -0.39 is 0 Å². The van der Waals surface area contributed by atoms with Crippen molar-refractivity contribution in [3.05, 3.63) is 0 Å². The molecule has 0 aromatic carbocycles. The van der Waals surface area contributed by atoms with Gasteiger partial charge in [0.05, 0.1) is 13.2 Å². The van der Waals surface area contributed by atoms with Crippen molar-refractivity contribution in [1.29, 1.82) is 0 Å². The molecule has 0 aliphatic carbocycles. The van der Waals surface area contributed by atoms with Crippen molar-refractivity contribution in [2.75, 3.05) is 59.5 Å². The van der Waals surface area contributed by atoms with Gasteiger partial charge in [-0.15, -0.1) is 0 Å². The molecule has 1 heterocycles. The average molecular weight is 291 g/mol. The van der Waals surface area contributed by atoms with E-state index in [1.165, 1.54) is 0 Å². The number of ether oxygens (including phenoxy) is 3. The first-order valence-electron chi connectivity index (χ1n) is 7.08. The maximum absolute atomic E-state index is 5.50. The number of hydrogen-bond acceptors (Lipinski definition) is 5. The quantitative estimate of drug-likeness (QED) is 0.655. The van der Waals surface area contributed by atoms with Gasteiger partial charge in [0.15, 0.2) is 0 Å². The molecule has 0 amide bonds. The topological polar surface area (TPSA) is 30.9 Å². The monoisotopic (exact) mass is 291 g/mol. The summed E-state index contributed by atoms with van der Waals surface area (Å²) in [5, 5.41) is 0. The molecule has 1 rings (SSSR count). The molecule has 1 saturated heterocycles. The number of rotatable bonds is 9. The summed E-state index contributed by atoms with van der Waals surface area (Å²) in [7, 11) is 3.51. The number of nitrogens with zero attached hydrogens (tertiary/aromatic N) is 1. The van der Waals surface area contributed by atoms with Crippen molar-refractivity contribution >= 4 is 12.6 Å². The van der Waals surface area contributed by atoms with Gasteiger partial charge in [-0.05, 0) is 30.9 Å². The Balaban J connectivity index is 2.61. The lowest BCUT2D eigenvalue weighted by molar-refractivity contribution is -0.0118. The second-order valence-electron chi connectivity index (χ2n) is 5.54. The molecular formula is C14H29NO3S. The van der Waals surface area contributed by atoms with Crippen LogP contribution in [0.25, 0.3) is 0 Å². The van der Waals surface area contributed by atoms with Gasteiger partial charge >= 0.3 is 0 Å². The van der Waals surface area contributed by atoms with Crippen LogP contribution in [0.1, 0.15) is 19.8 Å². The fraction of sp³-hybridized carbons (Fsp3) is 1.00. The van der Waals surface area contributed by atoms with E-state index >= 15 is 0 Å². The largest absolute Gasteiger partial charge is 0.383 e. The van der Waals surface area contributed by atoms with Gasteiger partial charge in [-0.2, -0.15) is 12.6 Å². The zero-order valence-electron chi connectivity index (χ0n) is 12.6. The molecule has 5 heteroatoms. The maximum Gasteiger partial charge on any atom is 0.0615 e. The fourth-order valence-corrected chi connectivity index (χ4v) is 3.03. The molecule has 1 fully saturated rings. The van der Waals surface area contributed by atoms with Crippen LogP contribution in [-0.2, 0) is 14.2 Å². The fourth-order valence-electron chi connectivity index (χ4n) is 2.61. The Labute approximate surface area is 123 Å². The van der Waals surface area contributed by atoms with E-state index in [1.807, 2.05) is 0 Å². The molecule has 0 aromatic rings. The summed E-state index contributed by atoms with van der Waals surface area (Å²) < 4.78 is 16.0. The zero-order chi connectivity index (χ0) is 14.1. The highest BCUT2D eigenvalue weighted by Crippen LogP contribution is 2.33. The minimum atomic E-state index is 0.275. The Morgan fingerprint density at radius 3 is 2.47 bits per heavy atom. The molecule has 1 unspecified atom stereocenters. The van der Waals surface area contributed by atoms with E-state index in [4.69, 9.17) is 14.2 Å². The highest BCUT2D eigenvalue weighted by Gasteiger charge is 2.34. The van der Waals surface area contributed by atoms with Crippen LogP contribution in [0.3, 0.4) is 0 Å². The van der Waals surface area contributed by atoms with E-state index in [9.17, 15) is 0 Å². The van der Waals surface area contributed by atoms with Gasteiger partial charge in [0, 0.05) is 46.6 Å². The van der Waals surface area contributed by atoms with Crippen molar-refractivity contribution in [2.45, 2.75) is 25.8 Å². The van der Waals surface area contributed by atoms with E-state index in [-0.39, 0.29) is 5.41 Å². The lowest BCUT2D eigenvalue weighted by Crippen LogP contribution is -2.48. The van der Waals surface area contributed by atoms with Crippen LogP contribution in [0.15, 0.2) is 0 Å². The van der Waals surface area contributed by atoms with Gasteiger partial charge in [0.1, 0.15) is 0 Å². The van der Waals surface area contributed by atoms with Gasteiger partial charge in [-0.1, -0.05) is 0 Å². The van der Waals surface area contributed by atoms with Crippen molar-refractivity contribution in [3.8, 4) is 0 Å². The van der Waals surface area contributed by atoms with Gasteiger partial charge in [-0.3, -0.25) is 4.90 Å². The zero-order valence-corrected chi connectivity index (χ0v) is 13.5. The van der Waals surface area contributed by atoms with Crippen LogP contribution >= 0.6 is 12.6 Å². The minimum Gasteiger partial charge on any atom is -0.383 e. The second-order valence-corrected chi connectivity index (χ2v) is 5.85. The van der Waals surface area contributed by atoms with Gasteiger partial charge in [-0.25, -0.2) is 0 Å². The molecule has 4 nitrogen and oxygen atoms in total. The van der Waals surface area contributed by atoms with Crippen LogP contribution in [0.4, 0.5) is 0 Å². The van der Waals surface area contributed by atoms with Gasteiger partial charge in [0.25, 0.3) is 0 Å². The highest BCUT2D eigenvalue weighted by molar-refractivity contribution is 7.80. The van der Waals surface area contributed by atoms with Crippen LogP contribution < -0.4 is 0 Å². The standard InChI is InChI=1S/C14H29NO3S/c1-13(10-17-3)15(6-9-16-2)11-14(12-19)4-7-18-8-5-14/h13,19H,4-12H2,1-3H3. The molecule has 0 bridgehead atoms. The third kappa shape index (κ3) is 5.60. The summed E-state index contributed by atoms with van der Waals surface area (Å²) in [5.41, 5.74) is 0.275. The SMILES string of the molecule is COCCN(CC1(CS)CCOCC1)C(C)COC. The van der Waals surface area contributed by atoms with Crippen LogP contribution in [-0.4, -0.2) is 70.4 Å². The molecule has 19 heavy (non-hydrogen) atoms. The highest BCUT2D eigenvalue weighted by atomic mass is 32.1.